The number of benzene rings is 1. The fourth-order valence-electron chi connectivity index (χ4n) is 4.63. The van der Waals surface area contributed by atoms with E-state index in [0.29, 0.717) is 24.6 Å². The van der Waals surface area contributed by atoms with Crippen LogP contribution in [0.1, 0.15) is 53.8 Å². The summed E-state index contributed by atoms with van der Waals surface area (Å²) in [4.78, 5) is 15.1. The number of sulfonamides is 1. The molecule has 0 spiro atoms. The number of rotatable bonds is 5. The Morgan fingerprint density at radius 1 is 1.00 bits per heavy atom. The molecule has 168 valence electrons. The molecule has 7 nitrogen and oxygen atoms in total. The van der Waals surface area contributed by atoms with Crippen LogP contribution in [-0.4, -0.2) is 59.5 Å². The molecule has 0 saturated carbocycles. The molecule has 3 heterocycles. The van der Waals surface area contributed by atoms with Crippen LogP contribution in [0.2, 0.25) is 0 Å². The van der Waals surface area contributed by atoms with Gasteiger partial charge in [-0.05, 0) is 75.8 Å². The Bertz CT molecular complexity index is 1020. The molecule has 8 heteroatoms. The summed E-state index contributed by atoms with van der Waals surface area (Å²) in [5, 5.41) is 4.55. The van der Waals surface area contributed by atoms with E-state index in [1.54, 1.807) is 28.6 Å². The normalized spacial score (nSPS) is 19.0. The van der Waals surface area contributed by atoms with Gasteiger partial charge in [-0.25, -0.2) is 8.42 Å². The predicted molar refractivity (Wildman–Crippen MR) is 119 cm³/mol. The van der Waals surface area contributed by atoms with Gasteiger partial charge in [0.15, 0.2) is 0 Å². The first kappa shape index (κ1) is 22.0. The first-order valence-electron chi connectivity index (χ1n) is 11.2. The Labute approximate surface area is 185 Å². The van der Waals surface area contributed by atoms with E-state index in [1.807, 2.05) is 11.8 Å². The highest BCUT2D eigenvalue weighted by atomic mass is 32.2. The molecule has 2 fully saturated rings. The summed E-state index contributed by atoms with van der Waals surface area (Å²) in [5.74, 6) is 0.491. The Hall–Kier alpha value is -2.19. The summed E-state index contributed by atoms with van der Waals surface area (Å²) in [6, 6.07) is 8.55. The second-order valence-corrected chi connectivity index (χ2v) is 10.8. The zero-order valence-electron chi connectivity index (χ0n) is 18.5. The standard InChI is InChI=1S/C23H32N4O3S/c1-18-16-19(2)27(24-18)17-20-10-14-25(15-11-20)23(28)21-6-8-22(9-7-21)31(29,30)26-12-4-3-5-13-26/h6-9,16,20H,3-5,10-15,17H2,1-2H3. The van der Waals surface area contributed by atoms with E-state index >= 15 is 0 Å². The van der Waals surface area contributed by atoms with Crippen LogP contribution in [0, 0.1) is 19.8 Å². The number of aryl methyl sites for hydroxylation is 2. The van der Waals surface area contributed by atoms with Gasteiger partial charge in [-0.2, -0.15) is 9.40 Å². The minimum absolute atomic E-state index is 0.0218. The first-order chi connectivity index (χ1) is 14.8. The number of hydrogen-bond acceptors (Lipinski definition) is 4. The van der Waals surface area contributed by atoms with Crippen LogP contribution in [0.4, 0.5) is 0 Å². The lowest BCUT2D eigenvalue weighted by Crippen LogP contribution is -2.39. The highest BCUT2D eigenvalue weighted by Crippen LogP contribution is 2.24. The Morgan fingerprint density at radius 2 is 1.65 bits per heavy atom. The van der Waals surface area contributed by atoms with Gasteiger partial charge in [-0.15, -0.1) is 0 Å². The number of aromatic nitrogens is 2. The fourth-order valence-corrected chi connectivity index (χ4v) is 6.15. The number of likely N-dealkylation sites (tertiary alicyclic amines) is 1. The van der Waals surface area contributed by atoms with Gasteiger partial charge in [-0.1, -0.05) is 6.42 Å². The summed E-state index contributed by atoms with van der Waals surface area (Å²) >= 11 is 0. The van der Waals surface area contributed by atoms with Crippen molar-refractivity contribution in [1.29, 1.82) is 0 Å². The highest BCUT2D eigenvalue weighted by Gasteiger charge is 2.27. The molecule has 1 aromatic heterocycles. The molecule has 2 aliphatic heterocycles. The van der Waals surface area contributed by atoms with Crippen molar-refractivity contribution in [3.05, 3.63) is 47.3 Å². The number of piperidine rings is 2. The quantitative estimate of drug-likeness (QED) is 0.710. The predicted octanol–water partition coefficient (Wildman–Crippen LogP) is 3.23. The highest BCUT2D eigenvalue weighted by molar-refractivity contribution is 7.89. The Morgan fingerprint density at radius 3 is 2.23 bits per heavy atom. The molecule has 1 amide bonds. The number of amides is 1. The first-order valence-corrected chi connectivity index (χ1v) is 12.7. The molecule has 0 N–H and O–H groups in total. The van der Waals surface area contributed by atoms with Gasteiger partial charge >= 0.3 is 0 Å². The largest absolute Gasteiger partial charge is 0.339 e. The smallest absolute Gasteiger partial charge is 0.253 e. The molecule has 2 aliphatic rings. The topological polar surface area (TPSA) is 75.5 Å². The average molecular weight is 445 g/mol. The van der Waals surface area contributed by atoms with E-state index in [-0.39, 0.29) is 10.8 Å². The molecule has 1 aromatic carbocycles. The van der Waals surface area contributed by atoms with Crippen molar-refractivity contribution < 1.29 is 13.2 Å². The summed E-state index contributed by atoms with van der Waals surface area (Å²) < 4.78 is 29.2. The molecule has 2 aromatic rings. The van der Waals surface area contributed by atoms with E-state index in [0.717, 1.165) is 57.4 Å². The molecular weight excluding hydrogens is 412 g/mol. The summed E-state index contributed by atoms with van der Waals surface area (Å²) in [6.07, 6.45) is 4.80. The number of carbonyl (C=O) groups is 1. The third-order valence-corrected chi connectivity index (χ3v) is 8.40. The fraction of sp³-hybridized carbons (Fsp3) is 0.565. The summed E-state index contributed by atoms with van der Waals surface area (Å²) in [6.45, 7) is 7.57. The van der Waals surface area contributed by atoms with Gasteiger partial charge in [-0.3, -0.25) is 9.48 Å². The van der Waals surface area contributed by atoms with Gasteiger partial charge in [0.25, 0.3) is 5.91 Å². The molecule has 2 saturated heterocycles. The van der Waals surface area contributed by atoms with Gasteiger partial charge in [0.2, 0.25) is 10.0 Å². The second-order valence-electron chi connectivity index (χ2n) is 8.83. The summed E-state index contributed by atoms with van der Waals surface area (Å²) in [7, 11) is -3.47. The van der Waals surface area contributed by atoms with Crippen molar-refractivity contribution in [2.75, 3.05) is 26.2 Å². The molecule has 31 heavy (non-hydrogen) atoms. The van der Waals surface area contributed by atoms with E-state index in [9.17, 15) is 13.2 Å². The summed E-state index contributed by atoms with van der Waals surface area (Å²) in [5.41, 5.74) is 2.76. The SMILES string of the molecule is Cc1cc(C)n(CC2CCN(C(=O)c3ccc(S(=O)(=O)N4CCCCC4)cc3)CC2)n1. The third kappa shape index (κ3) is 4.85. The van der Waals surface area contributed by atoms with E-state index < -0.39 is 10.0 Å². The molecule has 0 aliphatic carbocycles. The Kier molecular flexibility index (Phi) is 6.48. The van der Waals surface area contributed by atoms with Crippen LogP contribution < -0.4 is 0 Å². The van der Waals surface area contributed by atoms with Gasteiger partial charge in [0, 0.05) is 44.0 Å². The molecule has 0 bridgehead atoms. The van der Waals surface area contributed by atoms with Crippen molar-refractivity contribution in [1.82, 2.24) is 19.0 Å². The van der Waals surface area contributed by atoms with E-state index in [4.69, 9.17) is 0 Å². The maximum absolute atomic E-state index is 12.9. The van der Waals surface area contributed by atoms with E-state index in [1.165, 1.54) is 5.69 Å². The maximum Gasteiger partial charge on any atom is 0.253 e. The Balaban J connectivity index is 1.35. The van der Waals surface area contributed by atoms with Crippen LogP contribution in [0.15, 0.2) is 35.2 Å². The molecule has 0 atom stereocenters. The van der Waals surface area contributed by atoms with Crippen molar-refractivity contribution in [3.63, 3.8) is 0 Å². The van der Waals surface area contributed by atoms with Gasteiger partial charge < -0.3 is 4.90 Å². The minimum atomic E-state index is -3.47. The number of carbonyl (C=O) groups excluding carboxylic acids is 1. The monoisotopic (exact) mass is 444 g/mol. The van der Waals surface area contributed by atoms with Crippen LogP contribution in [-0.2, 0) is 16.6 Å². The van der Waals surface area contributed by atoms with Crippen molar-refractivity contribution >= 4 is 15.9 Å². The van der Waals surface area contributed by atoms with Crippen LogP contribution in [0.3, 0.4) is 0 Å². The zero-order chi connectivity index (χ0) is 22.0. The number of hydrogen-bond donors (Lipinski definition) is 0. The molecular formula is C23H32N4O3S. The lowest BCUT2D eigenvalue weighted by Gasteiger charge is -2.32. The molecule has 4 rings (SSSR count). The van der Waals surface area contributed by atoms with Crippen LogP contribution in [0.5, 0.6) is 0 Å². The van der Waals surface area contributed by atoms with Crippen LogP contribution >= 0.6 is 0 Å². The van der Waals surface area contributed by atoms with Crippen molar-refractivity contribution in [2.24, 2.45) is 5.92 Å². The van der Waals surface area contributed by atoms with Crippen molar-refractivity contribution in [3.8, 4) is 0 Å². The van der Waals surface area contributed by atoms with Crippen LogP contribution in [0.25, 0.3) is 0 Å². The average Bonchev–Trinajstić information content (AvgIpc) is 3.11. The van der Waals surface area contributed by atoms with Crippen molar-refractivity contribution in [2.45, 2.75) is 57.4 Å². The lowest BCUT2D eigenvalue weighted by atomic mass is 9.96. The minimum Gasteiger partial charge on any atom is -0.339 e. The number of nitrogens with zero attached hydrogens (tertiary/aromatic N) is 4. The van der Waals surface area contributed by atoms with Gasteiger partial charge in [0.1, 0.15) is 0 Å². The van der Waals surface area contributed by atoms with Gasteiger partial charge in [0.05, 0.1) is 10.6 Å². The zero-order valence-corrected chi connectivity index (χ0v) is 19.3. The third-order valence-electron chi connectivity index (χ3n) is 6.49. The molecule has 0 unspecified atom stereocenters. The maximum atomic E-state index is 12.9. The second kappa shape index (κ2) is 9.12. The molecule has 0 radical (unpaired) electrons. The lowest BCUT2D eigenvalue weighted by molar-refractivity contribution is 0.0680. The van der Waals surface area contributed by atoms with E-state index in [2.05, 4.69) is 22.8 Å².